The molecule has 1 unspecified atom stereocenters. The average Bonchev–Trinajstić information content (AvgIpc) is 2.76. The van der Waals surface area contributed by atoms with Crippen molar-refractivity contribution in [3.05, 3.63) is 51.5 Å². The van der Waals surface area contributed by atoms with Gasteiger partial charge in [0.1, 0.15) is 0 Å². The number of nitrogens with zero attached hydrogens (tertiary/aromatic N) is 1. The molecule has 2 aromatic heterocycles. The van der Waals surface area contributed by atoms with Crippen LogP contribution in [0.1, 0.15) is 27.7 Å². The van der Waals surface area contributed by atoms with Gasteiger partial charge in [-0.3, -0.25) is 4.98 Å². The molecule has 0 aliphatic carbocycles. The van der Waals surface area contributed by atoms with Crippen molar-refractivity contribution in [1.82, 2.24) is 10.3 Å². The average molecular weight is 286 g/mol. The van der Waals surface area contributed by atoms with Gasteiger partial charge in [-0.05, 0) is 43.1 Å². The molecule has 2 heterocycles. The molecule has 6 heteroatoms. The zero-order chi connectivity index (χ0) is 14.0. The number of pyridine rings is 1. The molecule has 2 rings (SSSR count). The number of hydrogen-bond acceptors (Lipinski definition) is 3. The maximum Gasteiger partial charge on any atom is 0.417 e. The van der Waals surface area contributed by atoms with E-state index >= 15 is 0 Å². The Labute approximate surface area is 113 Å². The first-order valence-electron chi connectivity index (χ1n) is 5.68. The lowest BCUT2D eigenvalue weighted by Gasteiger charge is -2.16. The van der Waals surface area contributed by atoms with Crippen molar-refractivity contribution in [2.45, 2.75) is 19.1 Å². The van der Waals surface area contributed by atoms with Crippen LogP contribution in [0.25, 0.3) is 0 Å². The van der Waals surface area contributed by atoms with E-state index < -0.39 is 11.7 Å². The summed E-state index contributed by atoms with van der Waals surface area (Å²) in [7, 11) is 1.77. The topological polar surface area (TPSA) is 24.9 Å². The van der Waals surface area contributed by atoms with Crippen LogP contribution in [0.2, 0.25) is 0 Å². The second-order valence-electron chi connectivity index (χ2n) is 4.16. The fourth-order valence-electron chi connectivity index (χ4n) is 1.84. The standard InChI is InChI=1S/C13H13F3N2S/c1-8-5-6-19-12(8)11(17-2)10-4-3-9(7-18-10)13(14,15)16/h3-7,11,17H,1-2H3. The van der Waals surface area contributed by atoms with Crippen LogP contribution >= 0.6 is 11.3 Å². The highest BCUT2D eigenvalue weighted by Crippen LogP contribution is 2.31. The minimum atomic E-state index is -4.35. The van der Waals surface area contributed by atoms with Crippen molar-refractivity contribution in [2.75, 3.05) is 7.05 Å². The van der Waals surface area contributed by atoms with Crippen molar-refractivity contribution in [2.24, 2.45) is 0 Å². The van der Waals surface area contributed by atoms with Gasteiger partial charge in [0.05, 0.1) is 17.3 Å². The van der Waals surface area contributed by atoms with E-state index in [1.165, 1.54) is 6.07 Å². The highest BCUT2D eigenvalue weighted by atomic mass is 32.1. The van der Waals surface area contributed by atoms with Crippen molar-refractivity contribution >= 4 is 11.3 Å². The highest BCUT2D eigenvalue weighted by molar-refractivity contribution is 7.10. The van der Waals surface area contributed by atoms with E-state index in [9.17, 15) is 13.2 Å². The quantitative estimate of drug-likeness (QED) is 0.929. The summed E-state index contributed by atoms with van der Waals surface area (Å²) in [6.45, 7) is 1.97. The van der Waals surface area contributed by atoms with E-state index in [1.807, 2.05) is 18.4 Å². The van der Waals surface area contributed by atoms with Gasteiger partial charge in [-0.15, -0.1) is 11.3 Å². The van der Waals surface area contributed by atoms with Crippen LogP contribution in [0.15, 0.2) is 29.8 Å². The number of aromatic nitrogens is 1. The van der Waals surface area contributed by atoms with Crippen LogP contribution in [-0.2, 0) is 6.18 Å². The summed E-state index contributed by atoms with van der Waals surface area (Å²) in [5, 5.41) is 5.04. The van der Waals surface area contributed by atoms with Gasteiger partial charge < -0.3 is 5.32 Å². The third-order valence-electron chi connectivity index (χ3n) is 2.86. The van der Waals surface area contributed by atoms with Crippen LogP contribution in [0.5, 0.6) is 0 Å². The Morgan fingerprint density at radius 1 is 1.26 bits per heavy atom. The Kier molecular flexibility index (Phi) is 3.91. The summed E-state index contributed by atoms with van der Waals surface area (Å²) in [5.74, 6) is 0. The van der Waals surface area contributed by atoms with Crippen LogP contribution in [-0.4, -0.2) is 12.0 Å². The Balaban J connectivity index is 2.33. The summed E-state index contributed by atoms with van der Waals surface area (Å²) in [5.41, 5.74) is 0.959. The molecule has 0 saturated carbocycles. The minimum Gasteiger partial charge on any atom is -0.307 e. The molecule has 0 aromatic carbocycles. The molecular weight excluding hydrogens is 273 g/mol. The molecule has 0 amide bonds. The van der Waals surface area contributed by atoms with E-state index in [4.69, 9.17) is 0 Å². The van der Waals surface area contributed by atoms with E-state index in [0.717, 1.165) is 22.7 Å². The third kappa shape index (κ3) is 2.96. The minimum absolute atomic E-state index is 0.178. The lowest BCUT2D eigenvalue weighted by atomic mass is 10.1. The lowest BCUT2D eigenvalue weighted by Crippen LogP contribution is -2.19. The van der Waals surface area contributed by atoms with Crippen LogP contribution in [0.4, 0.5) is 13.2 Å². The van der Waals surface area contributed by atoms with Gasteiger partial charge in [0.15, 0.2) is 0 Å². The van der Waals surface area contributed by atoms with Crippen LogP contribution in [0.3, 0.4) is 0 Å². The highest BCUT2D eigenvalue weighted by Gasteiger charge is 2.31. The molecule has 102 valence electrons. The third-order valence-corrected chi connectivity index (χ3v) is 3.95. The zero-order valence-corrected chi connectivity index (χ0v) is 11.3. The van der Waals surface area contributed by atoms with Crippen molar-refractivity contribution in [3.8, 4) is 0 Å². The number of alkyl halides is 3. The number of hydrogen-bond donors (Lipinski definition) is 1. The fraction of sp³-hybridized carbons (Fsp3) is 0.308. The summed E-state index contributed by atoms with van der Waals surface area (Å²) < 4.78 is 37.5. The molecule has 0 fully saturated rings. The predicted octanol–water partition coefficient (Wildman–Crippen LogP) is 3.78. The molecule has 19 heavy (non-hydrogen) atoms. The van der Waals surface area contributed by atoms with E-state index in [2.05, 4.69) is 10.3 Å². The van der Waals surface area contributed by atoms with Crippen LogP contribution in [0, 0.1) is 6.92 Å². The van der Waals surface area contributed by atoms with Gasteiger partial charge in [0, 0.05) is 11.1 Å². The smallest absolute Gasteiger partial charge is 0.307 e. The molecule has 0 aliphatic rings. The Morgan fingerprint density at radius 2 is 2.00 bits per heavy atom. The molecule has 0 saturated heterocycles. The molecule has 2 nitrogen and oxygen atoms in total. The first kappa shape index (κ1) is 14.0. The van der Waals surface area contributed by atoms with Crippen molar-refractivity contribution in [1.29, 1.82) is 0 Å². The van der Waals surface area contributed by atoms with Crippen molar-refractivity contribution < 1.29 is 13.2 Å². The van der Waals surface area contributed by atoms with Gasteiger partial charge in [-0.1, -0.05) is 0 Å². The van der Waals surface area contributed by atoms with Gasteiger partial charge in [-0.25, -0.2) is 0 Å². The maximum absolute atomic E-state index is 12.5. The molecule has 2 aromatic rings. The summed E-state index contributed by atoms with van der Waals surface area (Å²) in [4.78, 5) is 5.00. The zero-order valence-electron chi connectivity index (χ0n) is 10.5. The number of rotatable bonds is 3. The largest absolute Gasteiger partial charge is 0.417 e. The predicted molar refractivity (Wildman–Crippen MR) is 69.2 cm³/mol. The molecule has 0 radical (unpaired) electrons. The lowest BCUT2D eigenvalue weighted by molar-refractivity contribution is -0.137. The van der Waals surface area contributed by atoms with E-state index in [0.29, 0.717) is 5.69 Å². The molecule has 1 atom stereocenters. The van der Waals surface area contributed by atoms with Gasteiger partial charge in [-0.2, -0.15) is 13.2 Å². The van der Waals surface area contributed by atoms with Crippen LogP contribution < -0.4 is 5.32 Å². The SMILES string of the molecule is CNC(c1ccc(C(F)(F)F)cn1)c1sccc1C. The Bertz CT molecular complexity index is 546. The Hall–Kier alpha value is -1.40. The second-order valence-corrected chi connectivity index (χ2v) is 5.11. The summed E-state index contributed by atoms with van der Waals surface area (Å²) in [6, 6.07) is 4.29. The molecular formula is C13H13F3N2S. The molecule has 0 bridgehead atoms. The van der Waals surface area contributed by atoms with Crippen molar-refractivity contribution in [3.63, 3.8) is 0 Å². The normalized spacial score (nSPS) is 13.5. The molecule has 0 aliphatic heterocycles. The summed E-state index contributed by atoms with van der Waals surface area (Å²) in [6.07, 6.45) is -3.47. The molecule has 0 spiro atoms. The number of halogens is 3. The van der Waals surface area contributed by atoms with Gasteiger partial charge >= 0.3 is 6.18 Å². The Morgan fingerprint density at radius 3 is 2.42 bits per heavy atom. The van der Waals surface area contributed by atoms with Gasteiger partial charge in [0.25, 0.3) is 0 Å². The number of aryl methyl sites for hydroxylation is 1. The summed E-state index contributed by atoms with van der Waals surface area (Å²) >= 11 is 1.56. The first-order chi connectivity index (χ1) is 8.93. The first-order valence-corrected chi connectivity index (χ1v) is 6.56. The number of nitrogens with one attached hydrogen (secondary N) is 1. The van der Waals surface area contributed by atoms with E-state index in [1.54, 1.807) is 18.4 Å². The van der Waals surface area contributed by atoms with E-state index in [-0.39, 0.29) is 6.04 Å². The maximum atomic E-state index is 12.5. The van der Waals surface area contributed by atoms with Gasteiger partial charge in [0.2, 0.25) is 0 Å². The monoisotopic (exact) mass is 286 g/mol. The molecule has 1 N–H and O–H groups in total. The fourth-order valence-corrected chi connectivity index (χ4v) is 2.88. The second kappa shape index (κ2) is 5.30. The number of thiophene rings is 1.